The molecule has 1 fully saturated rings. The number of nitrogens with zero attached hydrogens (tertiary/aromatic N) is 1. The van der Waals surface area contributed by atoms with Gasteiger partial charge in [0.25, 0.3) is 5.91 Å². The zero-order chi connectivity index (χ0) is 12.6. The third-order valence-corrected chi connectivity index (χ3v) is 3.92. The van der Waals surface area contributed by atoms with Crippen molar-refractivity contribution in [3.63, 3.8) is 0 Å². The summed E-state index contributed by atoms with van der Waals surface area (Å²) in [5, 5.41) is 9.51. The Morgan fingerprint density at radius 3 is 2.65 bits per heavy atom. The van der Waals surface area contributed by atoms with Crippen molar-refractivity contribution in [1.29, 1.82) is 0 Å². The van der Waals surface area contributed by atoms with E-state index in [0.717, 1.165) is 12.2 Å². The molecule has 2 rings (SSSR count). The maximum absolute atomic E-state index is 12.0. The summed E-state index contributed by atoms with van der Waals surface area (Å²) >= 11 is 0. The van der Waals surface area contributed by atoms with E-state index in [1.165, 1.54) is 12.8 Å². The lowest BCUT2D eigenvalue weighted by atomic mass is 9.92. The fourth-order valence-corrected chi connectivity index (χ4v) is 2.20. The molecule has 1 amide bonds. The topological polar surface area (TPSA) is 83.8 Å². The Hall–Kier alpha value is -1.52. The minimum Gasteiger partial charge on any atom is -0.382 e. The van der Waals surface area contributed by atoms with Crippen LogP contribution in [0.4, 0.5) is 5.82 Å². The van der Waals surface area contributed by atoms with Crippen LogP contribution in [-0.4, -0.2) is 22.6 Å². The predicted molar refractivity (Wildman–Crippen MR) is 66.6 cm³/mol. The molecule has 1 aliphatic rings. The van der Waals surface area contributed by atoms with Gasteiger partial charge in [-0.05, 0) is 31.1 Å². The van der Waals surface area contributed by atoms with E-state index in [0.29, 0.717) is 16.9 Å². The van der Waals surface area contributed by atoms with Crippen molar-refractivity contribution in [2.75, 3.05) is 12.3 Å². The third kappa shape index (κ3) is 2.14. The summed E-state index contributed by atoms with van der Waals surface area (Å²) in [5.41, 5.74) is 7.15. The van der Waals surface area contributed by atoms with Crippen molar-refractivity contribution < 1.29 is 4.79 Å². The molecule has 17 heavy (non-hydrogen) atoms. The SMILES string of the molecule is Cc1[nH]nc(N)c1C(=O)NCC1(C(C)C)CC1. The van der Waals surface area contributed by atoms with Crippen LogP contribution in [0.2, 0.25) is 0 Å². The van der Waals surface area contributed by atoms with Gasteiger partial charge in [-0.1, -0.05) is 13.8 Å². The van der Waals surface area contributed by atoms with E-state index in [-0.39, 0.29) is 11.7 Å². The monoisotopic (exact) mass is 236 g/mol. The van der Waals surface area contributed by atoms with Gasteiger partial charge in [0.2, 0.25) is 0 Å². The minimum atomic E-state index is -0.124. The number of nitrogens with two attached hydrogens (primary N) is 1. The molecule has 1 saturated carbocycles. The molecular formula is C12H20N4O. The molecule has 0 aliphatic heterocycles. The number of rotatable bonds is 4. The maximum atomic E-state index is 12.0. The molecule has 0 atom stereocenters. The molecule has 0 unspecified atom stereocenters. The van der Waals surface area contributed by atoms with Crippen LogP contribution in [0.15, 0.2) is 0 Å². The first kappa shape index (κ1) is 12.0. The zero-order valence-electron chi connectivity index (χ0n) is 10.6. The number of amides is 1. The summed E-state index contributed by atoms with van der Waals surface area (Å²) in [6, 6.07) is 0. The van der Waals surface area contributed by atoms with Gasteiger partial charge in [0, 0.05) is 12.2 Å². The van der Waals surface area contributed by atoms with Crippen molar-refractivity contribution in [3.8, 4) is 0 Å². The zero-order valence-corrected chi connectivity index (χ0v) is 10.6. The Balaban J connectivity index is 1.99. The summed E-state index contributed by atoms with van der Waals surface area (Å²) in [4.78, 5) is 12.0. The number of hydrogen-bond acceptors (Lipinski definition) is 3. The molecule has 1 aromatic heterocycles. The molecule has 5 heteroatoms. The third-order valence-electron chi connectivity index (χ3n) is 3.92. The van der Waals surface area contributed by atoms with Crippen LogP contribution in [0.3, 0.4) is 0 Å². The Labute approximate surface area is 101 Å². The van der Waals surface area contributed by atoms with Crippen molar-refractivity contribution in [1.82, 2.24) is 15.5 Å². The number of carbonyl (C=O) groups is 1. The normalized spacial score (nSPS) is 17.2. The minimum absolute atomic E-state index is 0.124. The Morgan fingerprint density at radius 2 is 2.24 bits per heavy atom. The average Bonchev–Trinajstić information content (AvgIpc) is 2.98. The van der Waals surface area contributed by atoms with Crippen LogP contribution in [0, 0.1) is 18.3 Å². The first-order valence-electron chi connectivity index (χ1n) is 6.05. The van der Waals surface area contributed by atoms with Crippen LogP contribution >= 0.6 is 0 Å². The quantitative estimate of drug-likeness (QED) is 0.740. The predicted octanol–water partition coefficient (Wildman–Crippen LogP) is 1.47. The molecule has 0 saturated heterocycles. The van der Waals surface area contributed by atoms with Gasteiger partial charge in [0.05, 0.1) is 0 Å². The van der Waals surface area contributed by atoms with E-state index in [1.807, 2.05) is 0 Å². The lowest BCUT2D eigenvalue weighted by Gasteiger charge is -2.19. The number of carbonyl (C=O) groups excluding carboxylic acids is 1. The smallest absolute Gasteiger partial charge is 0.256 e. The highest BCUT2D eigenvalue weighted by molar-refractivity contribution is 5.99. The number of H-pyrrole nitrogens is 1. The van der Waals surface area contributed by atoms with E-state index >= 15 is 0 Å². The lowest BCUT2D eigenvalue weighted by molar-refractivity contribution is 0.0940. The van der Waals surface area contributed by atoms with Gasteiger partial charge in [0.1, 0.15) is 5.56 Å². The molecule has 1 heterocycles. The molecule has 1 aliphatic carbocycles. The van der Waals surface area contributed by atoms with E-state index in [9.17, 15) is 4.79 Å². The highest BCUT2D eigenvalue weighted by atomic mass is 16.1. The first-order valence-corrected chi connectivity index (χ1v) is 6.05. The van der Waals surface area contributed by atoms with E-state index in [2.05, 4.69) is 29.4 Å². The Bertz CT molecular complexity index is 412. The second-order valence-electron chi connectivity index (χ2n) is 5.31. The number of nitrogens with one attached hydrogen (secondary N) is 2. The van der Waals surface area contributed by atoms with Crippen LogP contribution in [0.5, 0.6) is 0 Å². The summed E-state index contributed by atoms with van der Waals surface area (Å²) in [5.74, 6) is 0.751. The number of aromatic amines is 1. The number of nitrogen functional groups attached to an aromatic ring is 1. The summed E-state index contributed by atoms with van der Waals surface area (Å²) < 4.78 is 0. The summed E-state index contributed by atoms with van der Waals surface area (Å²) in [6.07, 6.45) is 2.40. The first-order chi connectivity index (χ1) is 7.96. The fourth-order valence-electron chi connectivity index (χ4n) is 2.20. The van der Waals surface area contributed by atoms with E-state index in [4.69, 9.17) is 5.73 Å². The van der Waals surface area contributed by atoms with E-state index < -0.39 is 0 Å². The van der Waals surface area contributed by atoms with Gasteiger partial charge in [-0.2, -0.15) is 5.10 Å². The van der Waals surface area contributed by atoms with Gasteiger partial charge in [0.15, 0.2) is 5.82 Å². The molecule has 94 valence electrons. The van der Waals surface area contributed by atoms with Crippen LogP contribution in [0.25, 0.3) is 0 Å². The number of aryl methyl sites for hydroxylation is 1. The van der Waals surface area contributed by atoms with Crippen molar-refractivity contribution in [2.45, 2.75) is 33.6 Å². The van der Waals surface area contributed by atoms with Crippen molar-refractivity contribution in [3.05, 3.63) is 11.3 Å². The molecule has 4 N–H and O–H groups in total. The van der Waals surface area contributed by atoms with Gasteiger partial charge >= 0.3 is 0 Å². The standard InChI is InChI=1S/C12H20N4O/c1-7(2)12(4-5-12)6-14-11(17)9-8(3)15-16-10(9)13/h7H,4-6H2,1-3H3,(H,14,17)(H3,13,15,16). The highest BCUT2D eigenvalue weighted by Crippen LogP contribution is 2.51. The van der Waals surface area contributed by atoms with E-state index in [1.54, 1.807) is 6.92 Å². The van der Waals surface area contributed by atoms with Gasteiger partial charge in [-0.25, -0.2) is 0 Å². The van der Waals surface area contributed by atoms with Crippen LogP contribution < -0.4 is 11.1 Å². The largest absolute Gasteiger partial charge is 0.382 e. The van der Waals surface area contributed by atoms with Gasteiger partial charge in [-0.15, -0.1) is 0 Å². The van der Waals surface area contributed by atoms with Gasteiger partial charge in [-0.3, -0.25) is 9.89 Å². The Kier molecular flexibility index (Phi) is 2.85. The number of anilines is 1. The van der Waals surface area contributed by atoms with Crippen molar-refractivity contribution in [2.24, 2.45) is 11.3 Å². The molecule has 0 bridgehead atoms. The fraction of sp³-hybridized carbons (Fsp3) is 0.667. The molecule has 0 radical (unpaired) electrons. The molecular weight excluding hydrogens is 216 g/mol. The highest BCUT2D eigenvalue weighted by Gasteiger charge is 2.45. The average molecular weight is 236 g/mol. The Morgan fingerprint density at radius 1 is 1.59 bits per heavy atom. The number of hydrogen-bond donors (Lipinski definition) is 3. The summed E-state index contributed by atoms with van der Waals surface area (Å²) in [6.45, 7) is 6.94. The maximum Gasteiger partial charge on any atom is 0.256 e. The van der Waals surface area contributed by atoms with Crippen molar-refractivity contribution >= 4 is 11.7 Å². The van der Waals surface area contributed by atoms with Crippen LogP contribution in [0.1, 0.15) is 42.7 Å². The second-order valence-corrected chi connectivity index (χ2v) is 5.31. The second kappa shape index (κ2) is 4.05. The molecule has 1 aromatic rings. The van der Waals surface area contributed by atoms with Crippen LogP contribution in [-0.2, 0) is 0 Å². The molecule has 0 aromatic carbocycles. The summed E-state index contributed by atoms with van der Waals surface area (Å²) in [7, 11) is 0. The van der Waals surface area contributed by atoms with Gasteiger partial charge < -0.3 is 11.1 Å². The number of aromatic nitrogens is 2. The molecule has 0 spiro atoms. The lowest BCUT2D eigenvalue weighted by Crippen LogP contribution is -2.33. The molecule has 5 nitrogen and oxygen atoms in total.